The molecule has 6 heteroatoms. The Kier molecular flexibility index (Phi) is 2.62. The minimum absolute atomic E-state index is 0.106. The van der Waals surface area contributed by atoms with Crippen LogP contribution in [-0.4, -0.2) is 12.0 Å². The van der Waals surface area contributed by atoms with Crippen LogP contribution < -0.4 is 0 Å². The van der Waals surface area contributed by atoms with Crippen LogP contribution in [0, 0.1) is 0 Å². The molecule has 0 amide bonds. The lowest BCUT2D eigenvalue weighted by atomic mass is 9.82. The van der Waals surface area contributed by atoms with Gasteiger partial charge in [-0.1, -0.05) is 23.5 Å². The molecule has 0 atom stereocenters. The normalized spacial score (nSPS) is 11.7. The van der Waals surface area contributed by atoms with Gasteiger partial charge in [-0.3, -0.25) is 4.98 Å². The molecule has 0 unspecified atom stereocenters. The average Bonchev–Trinajstić information content (AvgIpc) is 1.82. The van der Waals surface area contributed by atoms with Crippen molar-refractivity contribution in [3.05, 3.63) is 29.0 Å². The topological polar surface area (TPSA) is 12.9 Å². The Morgan fingerprint density at radius 2 is 2.00 bits per heavy atom. The van der Waals surface area contributed by atoms with Crippen LogP contribution in [0.25, 0.3) is 0 Å². The van der Waals surface area contributed by atoms with Gasteiger partial charge in [-0.2, -0.15) is 0 Å². The molecule has 0 radical (unpaired) electrons. The maximum Gasteiger partial charge on any atom is 0.482 e. The molecule has 0 aliphatic rings. The molecule has 0 aliphatic carbocycles. The van der Waals surface area contributed by atoms with Gasteiger partial charge in [0.1, 0.15) is 0 Å². The van der Waals surface area contributed by atoms with Crippen LogP contribution >= 0.6 is 11.6 Å². The van der Waals surface area contributed by atoms with E-state index in [1.165, 1.54) is 18.5 Å². The van der Waals surface area contributed by atoms with Gasteiger partial charge in [0, 0.05) is 12.4 Å². The summed E-state index contributed by atoms with van der Waals surface area (Å²) < 4.78 is 35.6. The molecule has 0 bridgehead atoms. The van der Waals surface area contributed by atoms with Crippen molar-refractivity contribution >= 4 is 18.6 Å². The molecule has 0 spiro atoms. The van der Waals surface area contributed by atoms with Crippen molar-refractivity contribution in [1.82, 2.24) is 4.98 Å². The lowest BCUT2D eigenvalue weighted by Gasteiger charge is -2.12. The Labute approximate surface area is 72.6 Å². The van der Waals surface area contributed by atoms with Gasteiger partial charge < -0.3 is 12.9 Å². The number of rotatable bonds is 2. The predicted octanol–water partition coefficient (Wildman–Crippen LogP) is 2.66. The summed E-state index contributed by atoms with van der Waals surface area (Å²) in [6.45, 7) is -4.79. The number of halogens is 4. The van der Waals surface area contributed by atoms with Crippen molar-refractivity contribution in [3.8, 4) is 0 Å². The molecule has 0 saturated carbocycles. The van der Waals surface area contributed by atoms with Crippen LogP contribution in [0.3, 0.4) is 0 Å². The third kappa shape index (κ3) is 3.13. The van der Waals surface area contributed by atoms with Crippen molar-refractivity contribution in [2.45, 2.75) is 6.32 Å². The molecule has 1 nitrogen and oxygen atoms in total. The third-order valence-electron chi connectivity index (χ3n) is 1.23. The van der Waals surface area contributed by atoms with Crippen LogP contribution in [0.5, 0.6) is 0 Å². The first-order valence-corrected chi connectivity index (χ1v) is 3.65. The summed E-state index contributed by atoms with van der Waals surface area (Å²) in [4.78, 5) is 3.55. The van der Waals surface area contributed by atoms with E-state index in [-0.39, 0.29) is 10.6 Å². The molecule has 1 rings (SSSR count). The van der Waals surface area contributed by atoms with E-state index >= 15 is 0 Å². The predicted molar refractivity (Wildman–Crippen MR) is 42.0 cm³/mol. The van der Waals surface area contributed by atoms with Gasteiger partial charge in [0.25, 0.3) is 0 Å². The van der Waals surface area contributed by atoms with Crippen molar-refractivity contribution in [3.63, 3.8) is 0 Å². The molecular weight excluding hydrogens is 189 g/mol. The Morgan fingerprint density at radius 3 is 2.50 bits per heavy atom. The highest BCUT2D eigenvalue weighted by atomic mass is 35.5. The average molecular weight is 194 g/mol. The zero-order valence-corrected chi connectivity index (χ0v) is 6.73. The second-order valence-corrected chi connectivity index (χ2v) is 2.86. The Bertz CT molecular complexity index is 276. The third-order valence-corrected chi connectivity index (χ3v) is 1.44. The summed E-state index contributed by atoms with van der Waals surface area (Å²) in [5, 5.41) is 0.229. The van der Waals surface area contributed by atoms with Crippen LogP contribution in [0.2, 0.25) is 5.02 Å². The standard InChI is InChI=1S/C6H5BClF3N/c8-6-1-5(3-12-4-6)2-7(9,10)11/h1,3-4H,2H2/q-1. The minimum atomic E-state index is -4.79. The zero-order valence-electron chi connectivity index (χ0n) is 5.98. The SMILES string of the molecule is F[B-](F)(F)Cc1cncc(Cl)c1. The number of nitrogens with zero attached hydrogens (tertiary/aromatic N) is 1. The van der Waals surface area contributed by atoms with Gasteiger partial charge in [-0.15, -0.1) is 0 Å². The smallest absolute Gasteiger partial charge is 0.449 e. The summed E-state index contributed by atoms with van der Waals surface area (Å²) in [6, 6.07) is 1.27. The van der Waals surface area contributed by atoms with Crippen molar-refractivity contribution < 1.29 is 12.9 Å². The van der Waals surface area contributed by atoms with E-state index in [0.29, 0.717) is 0 Å². The van der Waals surface area contributed by atoms with E-state index in [0.717, 1.165) is 0 Å². The number of hydrogen-bond acceptors (Lipinski definition) is 1. The highest BCUT2D eigenvalue weighted by molar-refractivity contribution is 6.57. The van der Waals surface area contributed by atoms with E-state index < -0.39 is 13.3 Å². The highest BCUT2D eigenvalue weighted by Crippen LogP contribution is 2.17. The second-order valence-electron chi connectivity index (χ2n) is 2.43. The molecule has 0 N–H and O–H groups in total. The molecule has 12 heavy (non-hydrogen) atoms. The van der Waals surface area contributed by atoms with Crippen molar-refractivity contribution in [2.75, 3.05) is 0 Å². The van der Waals surface area contributed by atoms with Crippen LogP contribution in [0.15, 0.2) is 18.5 Å². The molecule has 0 saturated heterocycles. The second kappa shape index (κ2) is 3.35. The van der Waals surface area contributed by atoms with Crippen LogP contribution in [-0.2, 0) is 6.32 Å². The molecule has 66 valence electrons. The van der Waals surface area contributed by atoms with Crippen LogP contribution in [0.1, 0.15) is 5.56 Å². The Morgan fingerprint density at radius 1 is 1.33 bits per heavy atom. The first-order chi connectivity index (χ1) is 5.47. The molecule has 1 heterocycles. The van der Waals surface area contributed by atoms with Gasteiger partial charge in [0.15, 0.2) is 0 Å². The lowest BCUT2D eigenvalue weighted by molar-refractivity contribution is 0.468. The maximum atomic E-state index is 11.9. The highest BCUT2D eigenvalue weighted by Gasteiger charge is 2.23. The van der Waals surface area contributed by atoms with E-state index in [2.05, 4.69) is 4.98 Å². The number of pyridine rings is 1. The zero-order chi connectivity index (χ0) is 9.19. The first-order valence-electron chi connectivity index (χ1n) is 3.28. The fourth-order valence-corrected chi connectivity index (χ4v) is 1.03. The summed E-state index contributed by atoms with van der Waals surface area (Å²) in [5.74, 6) is 0. The van der Waals surface area contributed by atoms with Gasteiger partial charge >= 0.3 is 6.98 Å². The van der Waals surface area contributed by atoms with E-state index in [9.17, 15) is 12.9 Å². The maximum absolute atomic E-state index is 11.9. The fraction of sp³-hybridized carbons (Fsp3) is 0.167. The quantitative estimate of drug-likeness (QED) is 0.660. The summed E-state index contributed by atoms with van der Waals surface area (Å²) in [5.41, 5.74) is 0.106. The molecule has 1 aromatic rings. The number of hydrogen-bond donors (Lipinski definition) is 0. The van der Waals surface area contributed by atoms with E-state index in [1.807, 2.05) is 0 Å². The largest absolute Gasteiger partial charge is 0.482 e. The molecular formula is C6H5BClF3N-. The van der Waals surface area contributed by atoms with Gasteiger partial charge in [0.05, 0.1) is 5.02 Å². The Hall–Kier alpha value is -0.705. The molecule has 0 aromatic carbocycles. The van der Waals surface area contributed by atoms with E-state index in [1.54, 1.807) is 0 Å². The van der Waals surface area contributed by atoms with Gasteiger partial charge in [0.2, 0.25) is 0 Å². The lowest BCUT2D eigenvalue weighted by Crippen LogP contribution is -2.19. The molecule has 1 aromatic heterocycles. The summed E-state index contributed by atoms with van der Waals surface area (Å²) in [6.07, 6.45) is 1.54. The van der Waals surface area contributed by atoms with Gasteiger partial charge in [-0.25, -0.2) is 0 Å². The monoisotopic (exact) mass is 194 g/mol. The van der Waals surface area contributed by atoms with Crippen molar-refractivity contribution in [1.29, 1.82) is 0 Å². The van der Waals surface area contributed by atoms with Crippen molar-refractivity contribution in [2.24, 2.45) is 0 Å². The molecule has 0 aliphatic heterocycles. The Balaban J connectivity index is 2.77. The first kappa shape index (κ1) is 9.38. The minimum Gasteiger partial charge on any atom is -0.449 e. The fourth-order valence-electron chi connectivity index (χ4n) is 0.835. The summed E-state index contributed by atoms with van der Waals surface area (Å²) >= 11 is 5.45. The van der Waals surface area contributed by atoms with Crippen LogP contribution in [0.4, 0.5) is 12.9 Å². The van der Waals surface area contributed by atoms with Gasteiger partial charge in [-0.05, 0) is 6.07 Å². The number of aromatic nitrogens is 1. The van der Waals surface area contributed by atoms with E-state index in [4.69, 9.17) is 11.6 Å². The molecule has 0 fully saturated rings. The summed E-state index contributed by atoms with van der Waals surface area (Å²) in [7, 11) is 0.